The molecule has 62 valence electrons. The maximum atomic E-state index is 5.26. The van der Waals surface area contributed by atoms with Gasteiger partial charge < -0.3 is 33.4 Å². The van der Waals surface area contributed by atoms with E-state index in [-0.39, 0.29) is 46.3 Å². The topological polar surface area (TPSA) is 18.5 Å². The van der Waals surface area contributed by atoms with Gasteiger partial charge in [0.1, 0.15) is 0 Å². The third-order valence-electron chi connectivity index (χ3n) is 1.44. The summed E-state index contributed by atoms with van der Waals surface area (Å²) in [5.41, 5.74) is 0. The van der Waals surface area contributed by atoms with Gasteiger partial charge in [0.15, 0.2) is 6.29 Å². The van der Waals surface area contributed by atoms with Gasteiger partial charge in [-0.3, -0.25) is 0 Å². The molecule has 0 radical (unpaired) electrons. The summed E-state index contributed by atoms with van der Waals surface area (Å²) < 4.78 is 10.4. The van der Waals surface area contributed by atoms with Crippen LogP contribution in [0.5, 0.6) is 0 Å². The van der Waals surface area contributed by atoms with Gasteiger partial charge in [-0.1, -0.05) is 6.61 Å². The van der Waals surface area contributed by atoms with Crippen LogP contribution in [0, 0.1) is 6.92 Å². The van der Waals surface area contributed by atoms with Gasteiger partial charge >= 0.3 is 23.1 Å². The third-order valence-corrected chi connectivity index (χ3v) is 1.44. The zero-order valence-corrected chi connectivity index (χ0v) is 9.72. The molecule has 0 aromatic rings. The van der Waals surface area contributed by atoms with E-state index in [0.717, 1.165) is 13.0 Å². The second-order valence-corrected chi connectivity index (χ2v) is 2.17. The summed E-state index contributed by atoms with van der Waals surface area (Å²) in [7, 11) is 0. The number of rotatable bonds is 2. The first kappa shape index (κ1) is 14.7. The fourth-order valence-corrected chi connectivity index (χ4v) is 0.974. The van der Waals surface area contributed by atoms with Gasteiger partial charge in [-0.25, -0.2) is 0 Å². The molecule has 0 spiro atoms. The Balaban J connectivity index is 0. The van der Waals surface area contributed by atoms with Crippen molar-refractivity contribution in [1.29, 1.82) is 0 Å². The summed E-state index contributed by atoms with van der Waals surface area (Å²) in [6.45, 7) is 4.95. The molecule has 1 saturated heterocycles. The van der Waals surface area contributed by atoms with Crippen molar-refractivity contribution in [2.24, 2.45) is 0 Å². The van der Waals surface area contributed by atoms with E-state index in [1.54, 1.807) is 0 Å². The van der Waals surface area contributed by atoms with Crippen LogP contribution in [-0.2, 0) is 9.47 Å². The van der Waals surface area contributed by atoms with Crippen molar-refractivity contribution in [2.75, 3.05) is 13.2 Å². The molecular weight excluding hydrogens is 220 g/mol. The van der Waals surface area contributed by atoms with Gasteiger partial charge in [-0.2, -0.15) is 0 Å². The van der Waals surface area contributed by atoms with Gasteiger partial charge in [0.05, 0.1) is 0 Å². The average molecular weight is 233 g/mol. The molecule has 1 unspecified atom stereocenters. The quantitative estimate of drug-likeness (QED) is 0.405. The molecule has 0 bridgehead atoms. The largest absolute Gasteiger partial charge is 2.00 e. The minimum Gasteiger partial charge on any atom is -1.00 e. The van der Waals surface area contributed by atoms with Crippen LogP contribution in [-0.4, -0.2) is 42.6 Å². The first-order valence-electron chi connectivity index (χ1n) is 3.46. The van der Waals surface area contributed by atoms with Crippen LogP contribution in [0.3, 0.4) is 0 Å². The molecule has 1 fully saturated rings. The van der Waals surface area contributed by atoms with Crippen LogP contribution < -0.4 is 17.0 Å². The van der Waals surface area contributed by atoms with E-state index >= 15 is 0 Å². The molecule has 0 aliphatic carbocycles. The van der Waals surface area contributed by atoms with E-state index in [1.165, 1.54) is 12.8 Å². The summed E-state index contributed by atoms with van der Waals surface area (Å²) >= 11 is 0. The van der Waals surface area contributed by atoms with Crippen LogP contribution >= 0.6 is 0 Å². The first-order valence-corrected chi connectivity index (χ1v) is 3.46. The van der Waals surface area contributed by atoms with E-state index in [4.69, 9.17) is 9.47 Å². The molecule has 1 heterocycles. The van der Waals surface area contributed by atoms with Crippen molar-refractivity contribution in [3.05, 3.63) is 6.92 Å². The maximum Gasteiger partial charge on any atom is 2.00 e. The number of hydrogen-bond acceptors (Lipinski definition) is 2. The Kier molecular flexibility index (Phi) is 12.4. The fourth-order valence-electron chi connectivity index (χ4n) is 0.974. The van der Waals surface area contributed by atoms with Crippen LogP contribution in [0.1, 0.15) is 19.3 Å². The average Bonchev–Trinajstić information content (AvgIpc) is 1.91. The van der Waals surface area contributed by atoms with Gasteiger partial charge in [-0.15, -0.1) is 0 Å². The summed E-state index contributed by atoms with van der Waals surface area (Å²) in [5, 5.41) is 0. The van der Waals surface area contributed by atoms with Crippen molar-refractivity contribution >= 4 is 23.1 Å². The monoisotopic (exact) mass is 232 g/mol. The Bertz CT molecular complexity index is 74.1. The van der Waals surface area contributed by atoms with Gasteiger partial charge in [0.2, 0.25) is 0 Å². The normalized spacial score (nSPS) is 23.2. The van der Waals surface area contributed by atoms with Gasteiger partial charge in [-0.05, 0) is 19.3 Å². The molecule has 0 N–H and O–H groups in total. The predicted octanol–water partition coefficient (Wildman–Crippen LogP) is -2.01. The molecule has 1 rings (SSSR count). The van der Waals surface area contributed by atoms with Crippen molar-refractivity contribution < 1.29 is 26.5 Å². The SMILES string of the molecule is [Br-].[CH2-]COC1CCCCO1.[Mg+2]. The number of ether oxygens (including phenoxy) is 2. The predicted molar refractivity (Wildman–Crippen MR) is 40.7 cm³/mol. The zero-order chi connectivity index (χ0) is 6.53. The second-order valence-electron chi connectivity index (χ2n) is 2.17. The molecular formula is C7H13BrMgO2. The maximum absolute atomic E-state index is 5.26. The molecule has 2 nitrogen and oxygen atoms in total. The number of halogens is 1. The third kappa shape index (κ3) is 6.34. The molecule has 1 atom stereocenters. The molecule has 0 saturated carbocycles. The Morgan fingerprint density at radius 1 is 1.45 bits per heavy atom. The summed E-state index contributed by atoms with van der Waals surface area (Å²) in [5.74, 6) is 0. The van der Waals surface area contributed by atoms with E-state index < -0.39 is 0 Å². The summed E-state index contributed by atoms with van der Waals surface area (Å²) in [6.07, 6.45) is 3.48. The smallest absolute Gasteiger partial charge is 1.00 e. The number of hydrogen-bond donors (Lipinski definition) is 0. The van der Waals surface area contributed by atoms with Crippen LogP contribution in [0.2, 0.25) is 0 Å². The summed E-state index contributed by atoms with van der Waals surface area (Å²) in [4.78, 5) is 0. The fraction of sp³-hybridized carbons (Fsp3) is 0.857. The molecule has 0 aromatic heterocycles. The van der Waals surface area contributed by atoms with Crippen molar-refractivity contribution in [3.63, 3.8) is 0 Å². The van der Waals surface area contributed by atoms with Gasteiger partial charge in [0.25, 0.3) is 0 Å². The Hall–Kier alpha value is 1.17. The Morgan fingerprint density at radius 2 is 2.18 bits per heavy atom. The first-order chi connectivity index (χ1) is 4.43. The Labute approximate surface area is 94.9 Å². The van der Waals surface area contributed by atoms with E-state index in [0.29, 0.717) is 6.61 Å². The molecule has 0 aromatic carbocycles. The van der Waals surface area contributed by atoms with E-state index in [9.17, 15) is 0 Å². The van der Waals surface area contributed by atoms with Crippen LogP contribution in [0.15, 0.2) is 0 Å². The standard InChI is InChI=1S/C7H13O2.BrH.Mg/c1-2-8-7-5-3-4-6-9-7;;/h7H,1-6H2;1H;/q-1;;+2/p-1. The molecule has 1 aliphatic rings. The molecule has 4 heteroatoms. The summed E-state index contributed by atoms with van der Waals surface area (Å²) in [6, 6.07) is 0. The second kappa shape index (κ2) is 9.26. The minimum absolute atomic E-state index is 0. The van der Waals surface area contributed by atoms with E-state index in [2.05, 4.69) is 6.92 Å². The van der Waals surface area contributed by atoms with Crippen molar-refractivity contribution in [2.45, 2.75) is 25.6 Å². The molecule has 0 amide bonds. The van der Waals surface area contributed by atoms with Gasteiger partial charge in [0, 0.05) is 6.61 Å². The Morgan fingerprint density at radius 3 is 2.64 bits per heavy atom. The van der Waals surface area contributed by atoms with Crippen LogP contribution in [0.25, 0.3) is 0 Å². The molecule has 11 heavy (non-hydrogen) atoms. The van der Waals surface area contributed by atoms with Crippen molar-refractivity contribution in [3.8, 4) is 0 Å². The molecule has 1 aliphatic heterocycles. The van der Waals surface area contributed by atoms with Crippen molar-refractivity contribution in [1.82, 2.24) is 0 Å². The minimum atomic E-state index is 0. The van der Waals surface area contributed by atoms with Crippen LogP contribution in [0.4, 0.5) is 0 Å². The zero-order valence-electron chi connectivity index (χ0n) is 6.72. The van der Waals surface area contributed by atoms with E-state index in [1.807, 2.05) is 0 Å².